The van der Waals surface area contributed by atoms with Gasteiger partial charge in [-0.15, -0.1) is 11.6 Å². The highest BCUT2D eigenvalue weighted by molar-refractivity contribution is 6.20. The van der Waals surface area contributed by atoms with Gasteiger partial charge in [0.2, 0.25) is 5.91 Å². The van der Waals surface area contributed by atoms with Crippen molar-refractivity contribution in [2.75, 3.05) is 13.6 Å². The zero-order valence-electron chi connectivity index (χ0n) is 9.88. The number of alkyl halides is 1. The van der Waals surface area contributed by atoms with Gasteiger partial charge in [0.1, 0.15) is 0 Å². The molecule has 0 fully saturated rings. The maximum absolute atomic E-state index is 11.8. The Morgan fingerprint density at radius 2 is 1.79 bits per heavy atom. The highest BCUT2D eigenvalue weighted by Crippen LogP contribution is 2.13. The molecule has 0 spiro atoms. The maximum atomic E-state index is 11.8. The summed E-state index contributed by atoms with van der Waals surface area (Å²) in [6, 6.07) is 0. The van der Waals surface area contributed by atoms with Crippen LogP contribution in [0.5, 0.6) is 0 Å². The van der Waals surface area contributed by atoms with Gasteiger partial charge in [-0.3, -0.25) is 4.79 Å². The molecule has 2 nitrogen and oxygen atoms in total. The van der Waals surface area contributed by atoms with E-state index < -0.39 is 0 Å². The lowest BCUT2D eigenvalue weighted by atomic mass is 9.97. The van der Waals surface area contributed by atoms with Crippen LogP contribution in [0.4, 0.5) is 0 Å². The highest BCUT2D eigenvalue weighted by atomic mass is 35.5. The molecule has 0 aliphatic carbocycles. The summed E-state index contributed by atoms with van der Waals surface area (Å²) in [6.07, 6.45) is 0.856. The van der Waals surface area contributed by atoms with Crippen LogP contribution in [0.2, 0.25) is 0 Å². The van der Waals surface area contributed by atoms with Crippen molar-refractivity contribution in [2.24, 2.45) is 11.8 Å². The van der Waals surface area contributed by atoms with Crippen molar-refractivity contribution in [2.45, 2.75) is 39.5 Å². The average molecular weight is 220 g/mol. The first-order chi connectivity index (χ1) is 6.36. The zero-order valence-corrected chi connectivity index (χ0v) is 10.6. The fourth-order valence-corrected chi connectivity index (χ4v) is 1.21. The molecule has 84 valence electrons. The normalized spacial score (nSPS) is 15.4. The fraction of sp³-hybridized carbons (Fsp3) is 0.909. The molecule has 2 atom stereocenters. The summed E-state index contributed by atoms with van der Waals surface area (Å²) >= 11 is 5.83. The molecule has 0 aromatic rings. The zero-order chi connectivity index (χ0) is 11.3. The van der Waals surface area contributed by atoms with Crippen molar-refractivity contribution in [1.82, 2.24) is 4.90 Å². The number of hydrogen-bond acceptors (Lipinski definition) is 1. The Labute approximate surface area is 92.6 Å². The Balaban J connectivity index is 3.99. The second-order valence-electron chi connectivity index (χ2n) is 4.36. The number of carbonyl (C=O) groups is 1. The van der Waals surface area contributed by atoms with E-state index in [1.807, 2.05) is 20.9 Å². The van der Waals surface area contributed by atoms with E-state index in [4.69, 9.17) is 11.6 Å². The first kappa shape index (κ1) is 13.8. The summed E-state index contributed by atoms with van der Waals surface area (Å²) in [6.45, 7) is 8.82. The molecule has 3 heteroatoms. The van der Waals surface area contributed by atoms with E-state index in [0.29, 0.717) is 5.92 Å². The number of carbonyl (C=O) groups excluding carboxylic acids is 1. The molecular formula is C11H22ClNO. The quantitative estimate of drug-likeness (QED) is 0.652. The van der Waals surface area contributed by atoms with Gasteiger partial charge in [0, 0.05) is 24.9 Å². The van der Waals surface area contributed by atoms with Crippen LogP contribution < -0.4 is 0 Å². The molecule has 0 bridgehead atoms. The van der Waals surface area contributed by atoms with Gasteiger partial charge >= 0.3 is 0 Å². The Bertz CT molecular complexity index is 180. The van der Waals surface area contributed by atoms with E-state index in [1.54, 1.807) is 4.90 Å². The van der Waals surface area contributed by atoms with Crippen molar-refractivity contribution in [1.29, 1.82) is 0 Å². The third-order valence-corrected chi connectivity index (χ3v) is 2.85. The third-order valence-electron chi connectivity index (χ3n) is 2.63. The minimum absolute atomic E-state index is 0.102. The Morgan fingerprint density at radius 1 is 1.29 bits per heavy atom. The molecule has 0 aliphatic heterocycles. The van der Waals surface area contributed by atoms with Crippen molar-refractivity contribution in [3.8, 4) is 0 Å². The molecule has 1 amide bonds. The van der Waals surface area contributed by atoms with Gasteiger partial charge in [0.15, 0.2) is 0 Å². The standard InChI is InChI=1S/C11H22ClNO/c1-8(2)10(4)11(14)13(5)7-6-9(3)12/h8-10H,6-7H2,1-5H3. The van der Waals surface area contributed by atoms with Gasteiger partial charge in [0.25, 0.3) is 0 Å². The molecule has 14 heavy (non-hydrogen) atoms. The second-order valence-corrected chi connectivity index (χ2v) is 5.11. The van der Waals surface area contributed by atoms with Crippen LogP contribution in [0.3, 0.4) is 0 Å². The number of hydrogen-bond donors (Lipinski definition) is 0. The summed E-state index contributed by atoms with van der Waals surface area (Å²) in [7, 11) is 1.85. The van der Waals surface area contributed by atoms with E-state index in [9.17, 15) is 4.79 Å². The summed E-state index contributed by atoms with van der Waals surface area (Å²) in [5, 5.41) is 0.139. The maximum Gasteiger partial charge on any atom is 0.225 e. The minimum atomic E-state index is 0.102. The van der Waals surface area contributed by atoms with Crippen molar-refractivity contribution >= 4 is 17.5 Å². The SMILES string of the molecule is CC(Cl)CCN(C)C(=O)C(C)C(C)C. The minimum Gasteiger partial charge on any atom is -0.345 e. The topological polar surface area (TPSA) is 20.3 Å². The summed E-state index contributed by atoms with van der Waals surface area (Å²) in [5.41, 5.74) is 0. The van der Waals surface area contributed by atoms with Gasteiger partial charge in [-0.2, -0.15) is 0 Å². The van der Waals surface area contributed by atoms with Crippen LogP contribution in [0.25, 0.3) is 0 Å². The van der Waals surface area contributed by atoms with Crippen LogP contribution >= 0.6 is 11.6 Å². The predicted octanol–water partition coefficient (Wildman–Crippen LogP) is 2.75. The van der Waals surface area contributed by atoms with Gasteiger partial charge < -0.3 is 4.90 Å². The van der Waals surface area contributed by atoms with E-state index in [2.05, 4.69) is 13.8 Å². The van der Waals surface area contributed by atoms with Crippen molar-refractivity contribution in [3.05, 3.63) is 0 Å². The molecule has 0 aromatic carbocycles. The van der Waals surface area contributed by atoms with Crippen LogP contribution in [0.1, 0.15) is 34.1 Å². The van der Waals surface area contributed by atoms with Crippen molar-refractivity contribution < 1.29 is 4.79 Å². The lowest BCUT2D eigenvalue weighted by molar-refractivity contribution is -0.135. The van der Waals surface area contributed by atoms with E-state index in [0.717, 1.165) is 13.0 Å². The van der Waals surface area contributed by atoms with Gasteiger partial charge in [-0.1, -0.05) is 20.8 Å². The Kier molecular flexibility index (Phi) is 6.17. The summed E-state index contributed by atoms with van der Waals surface area (Å²) < 4.78 is 0. The Morgan fingerprint density at radius 3 is 2.14 bits per heavy atom. The fourth-order valence-electron chi connectivity index (χ4n) is 1.11. The van der Waals surface area contributed by atoms with Gasteiger partial charge in [-0.25, -0.2) is 0 Å². The smallest absolute Gasteiger partial charge is 0.225 e. The first-order valence-electron chi connectivity index (χ1n) is 5.25. The van der Waals surface area contributed by atoms with Crippen LogP contribution in [0, 0.1) is 11.8 Å². The molecule has 0 aliphatic rings. The number of rotatable bonds is 5. The molecular weight excluding hydrogens is 198 g/mol. The molecule has 0 heterocycles. The number of halogens is 1. The van der Waals surface area contributed by atoms with Gasteiger partial charge in [0.05, 0.1) is 0 Å². The summed E-state index contributed by atoms with van der Waals surface area (Å²) in [4.78, 5) is 13.6. The first-order valence-corrected chi connectivity index (χ1v) is 5.69. The predicted molar refractivity (Wildman–Crippen MR) is 61.6 cm³/mol. The number of nitrogens with zero attached hydrogens (tertiary/aromatic N) is 1. The monoisotopic (exact) mass is 219 g/mol. The van der Waals surface area contributed by atoms with Crippen LogP contribution in [0.15, 0.2) is 0 Å². The lowest BCUT2D eigenvalue weighted by Crippen LogP contribution is -2.35. The van der Waals surface area contributed by atoms with E-state index >= 15 is 0 Å². The van der Waals surface area contributed by atoms with E-state index in [-0.39, 0.29) is 17.2 Å². The summed E-state index contributed by atoms with van der Waals surface area (Å²) in [5.74, 6) is 0.723. The lowest BCUT2D eigenvalue weighted by Gasteiger charge is -2.23. The molecule has 0 saturated heterocycles. The van der Waals surface area contributed by atoms with Gasteiger partial charge in [-0.05, 0) is 19.3 Å². The van der Waals surface area contributed by atoms with Crippen LogP contribution in [-0.4, -0.2) is 29.8 Å². The largest absolute Gasteiger partial charge is 0.345 e. The molecule has 0 saturated carbocycles. The highest BCUT2D eigenvalue weighted by Gasteiger charge is 2.20. The molecule has 0 rings (SSSR count). The molecule has 0 radical (unpaired) electrons. The molecule has 0 N–H and O–H groups in total. The third kappa shape index (κ3) is 4.85. The Hall–Kier alpha value is -0.240. The molecule has 2 unspecified atom stereocenters. The number of amides is 1. The van der Waals surface area contributed by atoms with Crippen LogP contribution in [-0.2, 0) is 4.79 Å². The van der Waals surface area contributed by atoms with Crippen molar-refractivity contribution in [3.63, 3.8) is 0 Å². The van der Waals surface area contributed by atoms with E-state index in [1.165, 1.54) is 0 Å². The average Bonchev–Trinajstić information content (AvgIpc) is 2.11. The second kappa shape index (κ2) is 6.28. The molecule has 0 aromatic heterocycles.